The number of carbonyl (C=O) groups excluding carboxylic acids is 1. The third kappa shape index (κ3) is 3.50. The van der Waals surface area contributed by atoms with Crippen molar-refractivity contribution < 1.29 is 14.7 Å². The summed E-state index contributed by atoms with van der Waals surface area (Å²) in [5, 5.41) is 14.8. The van der Waals surface area contributed by atoms with Crippen molar-refractivity contribution in [3.63, 3.8) is 0 Å². The second kappa shape index (κ2) is 5.96. The second-order valence-corrected chi connectivity index (χ2v) is 4.46. The molecule has 0 fully saturated rings. The number of carboxylic acids is 1. The molecule has 0 aliphatic carbocycles. The van der Waals surface area contributed by atoms with Gasteiger partial charge in [-0.1, -0.05) is 6.07 Å². The first-order valence-corrected chi connectivity index (χ1v) is 6.24. The van der Waals surface area contributed by atoms with Gasteiger partial charge in [-0.2, -0.15) is 0 Å². The number of rotatable bonds is 4. The van der Waals surface area contributed by atoms with Crippen molar-refractivity contribution in [2.45, 2.75) is 6.92 Å². The Kier molecular flexibility index (Phi) is 4.08. The SMILES string of the molecule is CC(=O)Nc1ccc(Nc2c(N)cccc2C(=O)O)cc1. The largest absolute Gasteiger partial charge is 0.478 e. The van der Waals surface area contributed by atoms with Crippen LogP contribution in [0.5, 0.6) is 0 Å². The van der Waals surface area contributed by atoms with Gasteiger partial charge in [0.15, 0.2) is 0 Å². The number of nitrogen functional groups attached to an aromatic ring is 1. The average molecular weight is 285 g/mol. The molecule has 0 aliphatic heterocycles. The van der Waals surface area contributed by atoms with Crippen molar-refractivity contribution in [2.24, 2.45) is 0 Å². The third-order valence-corrected chi connectivity index (χ3v) is 2.80. The lowest BCUT2D eigenvalue weighted by atomic mass is 10.1. The molecular formula is C15H15N3O3. The lowest BCUT2D eigenvalue weighted by molar-refractivity contribution is -0.114. The average Bonchev–Trinajstić information content (AvgIpc) is 2.42. The van der Waals surface area contributed by atoms with Crippen molar-refractivity contribution in [1.82, 2.24) is 0 Å². The van der Waals surface area contributed by atoms with E-state index in [2.05, 4.69) is 10.6 Å². The molecule has 6 heteroatoms. The number of hydrogen-bond donors (Lipinski definition) is 4. The first kappa shape index (κ1) is 14.4. The number of anilines is 4. The molecule has 2 aromatic carbocycles. The molecule has 21 heavy (non-hydrogen) atoms. The number of nitrogens with two attached hydrogens (primary N) is 1. The zero-order valence-corrected chi connectivity index (χ0v) is 11.4. The van der Waals surface area contributed by atoms with Crippen molar-refractivity contribution in [2.75, 3.05) is 16.4 Å². The molecule has 0 radical (unpaired) electrons. The van der Waals surface area contributed by atoms with Gasteiger partial charge in [-0.05, 0) is 36.4 Å². The van der Waals surface area contributed by atoms with Gasteiger partial charge in [0.1, 0.15) is 0 Å². The highest BCUT2D eigenvalue weighted by molar-refractivity contribution is 5.98. The Morgan fingerprint density at radius 3 is 2.24 bits per heavy atom. The monoisotopic (exact) mass is 285 g/mol. The van der Waals surface area contributed by atoms with Crippen LogP contribution in [0.25, 0.3) is 0 Å². The summed E-state index contributed by atoms with van der Waals surface area (Å²) in [6.07, 6.45) is 0. The number of amides is 1. The van der Waals surface area contributed by atoms with Crippen LogP contribution in [-0.2, 0) is 4.79 Å². The van der Waals surface area contributed by atoms with Crippen LogP contribution in [0.15, 0.2) is 42.5 Å². The number of carboxylic acid groups (broad SMARTS) is 1. The number of hydrogen-bond acceptors (Lipinski definition) is 4. The Hall–Kier alpha value is -3.02. The van der Waals surface area contributed by atoms with Gasteiger partial charge in [-0.25, -0.2) is 4.79 Å². The fourth-order valence-corrected chi connectivity index (χ4v) is 1.87. The van der Waals surface area contributed by atoms with E-state index in [-0.39, 0.29) is 11.5 Å². The molecule has 0 saturated carbocycles. The van der Waals surface area contributed by atoms with Crippen LogP contribution in [0.2, 0.25) is 0 Å². The van der Waals surface area contributed by atoms with E-state index in [4.69, 9.17) is 10.8 Å². The van der Waals surface area contributed by atoms with Gasteiger partial charge in [-0.15, -0.1) is 0 Å². The summed E-state index contributed by atoms with van der Waals surface area (Å²) >= 11 is 0. The summed E-state index contributed by atoms with van der Waals surface area (Å²) in [5.74, 6) is -1.21. The minimum Gasteiger partial charge on any atom is -0.478 e. The lowest BCUT2D eigenvalue weighted by Crippen LogP contribution is -2.07. The quantitative estimate of drug-likeness (QED) is 0.646. The Bertz CT molecular complexity index is 681. The Balaban J connectivity index is 2.26. The molecule has 0 bridgehead atoms. The summed E-state index contributed by atoms with van der Waals surface area (Å²) in [7, 11) is 0. The number of carbonyl (C=O) groups is 2. The van der Waals surface area contributed by atoms with Gasteiger partial charge >= 0.3 is 5.97 Å². The van der Waals surface area contributed by atoms with E-state index in [1.54, 1.807) is 36.4 Å². The number of aromatic carboxylic acids is 1. The van der Waals surface area contributed by atoms with Crippen molar-refractivity contribution >= 4 is 34.6 Å². The summed E-state index contributed by atoms with van der Waals surface area (Å²) in [6, 6.07) is 11.6. The molecule has 2 aromatic rings. The van der Waals surface area contributed by atoms with Gasteiger partial charge in [0, 0.05) is 18.3 Å². The molecule has 0 aromatic heterocycles. The highest BCUT2D eigenvalue weighted by Gasteiger charge is 2.12. The maximum Gasteiger partial charge on any atom is 0.337 e. The highest BCUT2D eigenvalue weighted by atomic mass is 16.4. The summed E-state index contributed by atoms with van der Waals surface area (Å²) in [4.78, 5) is 22.1. The molecule has 6 nitrogen and oxygen atoms in total. The van der Waals surface area contributed by atoms with Crippen molar-refractivity contribution in [3.05, 3.63) is 48.0 Å². The van der Waals surface area contributed by atoms with Crippen molar-refractivity contribution in [1.29, 1.82) is 0 Å². The first-order chi connectivity index (χ1) is 9.97. The normalized spacial score (nSPS) is 9.95. The van der Waals surface area contributed by atoms with Crippen LogP contribution in [0.3, 0.4) is 0 Å². The molecule has 0 saturated heterocycles. The minimum atomic E-state index is -1.06. The van der Waals surface area contributed by atoms with Crippen LogP contribution in [-0.4, -0.2) is 17.0 Å². The van der Waals surface area contributed by atoms with E-state index in [1.807, 2.05) is 0 Å². The highest BCUT2D eigenvalue weighted by Crippen LogP contribution is 2.28. The van der Waals surface area contributed by atoms with E-state index in [0.717, 1.165) is 0 Å². The Morgan fingerprint density at radius 1 is 1.05 bits per heavy atom. The van der Waals surface area contributed by atoms with Crippen molar-refractivity contribution in [3.8, 4) is 0 Å². The summed E-state index contributed by atoms with van der Waals surface area (Å²) < 4.78 is 0. The molecule has 0 spiro atoms. The molecule has 0 unspecified atom stereocenters. The number of nitrogens with one attached hydrogen (secondary N) is 2. The zero-order chi connectivity index (χ0) is 15.4. The molecule has 0 heterocycles. The molecule has 108 valence electrons. The zero-order valence-electron chi connectivity index (χ0n) is 11.4. The van der Waals surface area contributed by atoms with Crippen LogP contribution in [0.4, 0.5) is 22.7 Å². The Morgan fingerprint density at radius 2 is 1.67 bits per heavy atom. The topological polar surface area (TPSA) is 104 Å². The predicted octanol–water partition coefficient (Wildman–Crippen LogP) is 2.67. The van der Waals surface area contributed by atoms with Gasteiger partial charge in [0.2, 0.25) is 5.91 Å². The fraction of sp³-hybridized carbons (Fsp3) is 0.0667. The Labute approximate surface area is 121 Å². The van der Waals surface area contributed by atoms with Crippen LogP contribution in [0.1, 0.15) is 17.3 Å². The number of para-hydroxylation sites is 1. The number of benzene rings is 2. The molecule has 0 aliphatic rings. The molecular weight excluding hydrogens is 270 g/mol. The fourth-order valence-electron chi connectivity index (χ4n) is 1.87. The smallest absolute Gasteiger partial charge is 0.337 e. The molecule has 0 atom stereocenters. The standard InChI is InChI=1S/C15H15N3O3/c1-9(19)17-10-5-7-11(8-6-10)18-14-12(15(20)21)3-2-4-13(14)16/h2-8,18H,16H2,1H3,(H,17,19)(H,20,21). The molecule has 1 amide bonds. The summed E-state index contributed by atoms with van der Waals surface area (Å²) in [5.41, 5.74) is 7.94. The third-order valence-electron chi connectivity index (χ3n) is 2.80. The molecule has 2 rings (SSSR count). The van der Waals surface area contributed by atoms with Crippen LogP contribution < -0.4 is 16.4 Å². The second-order valence-electron chi connectivity index (χ2n) is 4.46. The van der Waals surface area contributed by atoms with Gasteiger partial charge < -0.3 is 21.5 Å². The maximum atomic E-state index is 11.2. The molecule has 5 N–H and O–H groups in total. The maximum absolute atomic E-state index is 11.2. The minimum absolute atomic E-state index is 0.0981. The summed E-state index contributed by atoms with van der Waals surface area (Å²) in [6.45, 7) is 1.43. The lowest BCUT2D eigenvalue weighted by Gasteiger charge is -2.12. The predicted molar refractivity (Wildman–Crippen MR) is 81.8 cm³/mol. The van der Waals surface area contributed by atoms with E-state index in [1.165, 1.54) is 13.0 Å². The van der Waals surface area contributed by atoms with Gasteiger partial charge in [-0.3, -0.25) is 4.79 Å². The first-order valence-electron chi connectivity index (χ1n) is 6.24. The van der Waals surface area contributed by atoms with E-state index in [9.17, 15) is 9.59 Å². The van der Waals surface area contributed by atoms with Gasteiger partial charge in [0.25, 0.3) is 0 Å². The van der Waals surface area contributed by atoms with E-state index in [0.29, 0.717) is 22.7 Å². The van der Waals surface area contributed by atoms with E-state index >= 15 is 0 Å². The van der Waals surface area contributed by atoms with E-state index < -0.39 is 5.97 Å². The van der Waals surface area contributed by atoms with Gasteiger partial charge in [0.05, 0.1) is 16.9 Å². The van der Waals surface area contributed by atoms with Crippen LogP contribution >= 0.6 is 0 Å². The van der Waals surface area contributed by atoms with Crippen LogP contribution in [0, 0.1) is 0 Å².